The molecular formula is C16H13ClN2O2S. The molecule has 0 aromatic carbocycles. The number of fused-ring (bicyclic) bond motifs is 2. The third-order valence-corrected chi connectivity index (χ3v) is 5.21. The minimum Gasteiger partial charge on any atom is -0.465 e. The van der Waals surface area contributed by atoms with E-state index in [0.29, 0.717) is 12.4 Å². The maximum atomic E-state index is 6.19. The first-order chi connectivity index (χ1) is 10.7. The van der Waals surface area contributed by atoms with Gasteiger partial charge in [-0.1, -0.05) is 11.6 Å². The number of ether oxygens (including phenoxy) is 2. The van der Waals surface area contributed by atoms with E-state index in [-0.39, 0.29) is 0 Å². The number of aromatic nitrogens is 2. The van der Waals surface area contributed by atoms with E-state index in [1.165, 1.54) is 5.56 Å². The van der Waals surface area contributed by atoms with Gasteiger partial charge in [-0.05, 0) is 31.1 Å². The fourth-order valence-electron chi connectivity index (χ4n) is 2.69. The number of nitrogens with zero attached hydrogens (tertiary/aromatic N) is 2. The molecule has 6 heteroatoms. The maximum Gasteiger partial charge on any atom is 0.146 e. The number of halogens is 1. The molecule has 4 rings (SSSR count). The van der Waals surface area contributed by atoms with Crippen molar-refractivity contribution in [2.45, 2.75) is 18.9 Å². The van der Waals surface area contributed by atoms with Crippen molar-refractivity contribution < 1.29 is 9.47 Å². The molecule has 22 heavy (non-hydrogen) atoms. The predicted octanol–water partition coefficient (Wildman–Crippen LogP) is 3.85. The second-order valence-corrected chi connectivity index (χ2v) is 6.93. The minimum atomic E-state index is -0.607. The third kappa shape index (κ3) is 2.26. The number of aryl methyl sites for hydroxylation is 1. The molecule has 0 aliphatic carbocycles. The fourth-order valence-corrected chi connectivity index (χ4v) is 4.09. The molecule has 1 atom stereocenters. The lowest BCUT2D eigenvalue weighted by atomic mass is 9.92. The van der Waals surface area contributed by atoms with Gasteiger partial charge >= 0.3 is 0 Å². The highest BCUT2D eigenvalue weighted by Crippen LogP contribution is 2.45. The van der Waals surface area contributed by atoms with Gasteiger partial charge in [0.25, 0.3) is 0 Å². The Bertz CT molecular complexity index is 782. The van der Waals surface area contributed by atoms with Crippen LogP contribution in [-0.2, 0) is 21.5 Å². The van der Waals surface area contributed by atoms with Gasteiger partial charge in [-0.15, -0.1) is 11.3 Å². The van der Waals surface area contributed by atoms with Crippen LogP contribution in [0.3, 0.4) is 0 Å². The summed E-state index contributed by atoms with van der Waals surface area (Å²) >= 11 is 7.74. The molecule has 2 aromatic heterocycles. The largest absolute Gasteiger partial charge is 0.465 e. The third-order valence-electron chi connectivity index (χ3n) is 3.77. The molecular weight excluding hydrogens is 320 g/mol. The van der Waals surface area contributed by atoms with E-state index in [0.717, 1.165) is 27.0 Å². The minimum absolute atomic E-state index is 0.607. The molecule has 0 saturated heterocycles. The van der Waals surface area contributed by atoms with Crippen LogP contribution in [-0.4, -0.2) is 16.6 Å². The Balaban J connectivity index is 1.81. The van der Waals surface area contributed by atoms with Crippen LogP contribution in [0.5, 0.6) is 0 Å². The van der Waals surface area contributed by atoms with Gasteiger partial charge in [0, 0.05) is 23.3 Å². The maximum absolute atomic E-state index is 6.19. The van der Waals surface area contributed by atoms with Gasteiger partial charge in [-0.25, -0.2) is 9.97 Å². The quantitative estimate of drug-likeness (QED) is 0.795. The van der Waals surface area contributed by atoms with E-state index in [2.05, 4.69) is 9.97 Å². The summed E-state index contributed by atoms with van der Waals surface area (Å²) in [6, 6.07) is 2.03. The average Bonchev–Trinajstić information content (AvgIpc) is 2.91. The standard InChI is InChI=1S/C16H13ClN2O2S/c1-10-18-8-12(9-19-10)13-7-16(3-5-20-13)15-11(2-4-21-16)6-14(17)22-15/h3,5-9H,2,4H2,1H3. The van der Waals surface area contributed by atoms with Crippen molar-refractivity contribution >= 4 is 28.7 Å². The SMILES string of the molecule is Cc1ncc(C2=CC3(C=CO2)OCCc2cc(Cl)sc23)cn1. The molecule has 1 unspecified atom stereocenters. The summed E-state index contributed by atoms with van der Waals surface area (Å²) in [5.41, 5.74) is 1.46. The highest BCUT2D eigenvalue weighted by atomic mass is 35.5. The van der Waals surface area contributed by atoms with Crippen molar-refractivity contribution in [3.63, 3.8) is 0 Å². The van der Waals surface area contributed by atoms with Crippen molar-refractivity contribution in [3.05, 3.63) is 63.0 Å². The summed E-state index contributed by atoms with van der Waals surface area (Å²) in [6.07, 6.45) is 9.96. The molecule has 0 saturated carbocycles. The predicted molar refractivity (Wildman–Crippen MR) is 85.6 cm³/mol. The van der Waals surface area contributed by atoms with Crippen molar-refractivity contribution in [1.29, 1.82) is 0 Å². The summed E-state index contributed by atoms with van der Waals surface area (Å²) in [5, 5.41) is 0. The molecule has 1 spiro atoms. The molecule has 0 fully saturated rings. The van der Waals surface area contributed by atoms with Crippen LogP contribution >= 0.6 is 22.9 Å². The fraction of sp³-hybridized carbons (Fsp3) is 0.250. The Hall–Kier alpha value is -1.69. The molecule has 4 heterocycles. The molecule has 4 nitrogen and oxygen atoms in total. The van der Waals surface area contributed by atoms with E-state index in [1.54, 1.807) is 30.0 Å². The van der Waals surface area contributed by atoms with Crippen LogP contribution in [0.2, 0.25) is 4.34 Å². The zero-order valence-corrected chi connectivity index (χ0v) is 13.4. The average molecular weight is 333 g/mol. The Morgan fingerprint density at radius 3 is 2.95 bits per heavy atom. The van der Waals surface area contributed by atoms with Crippen LogP contribution in [0.25, 0.3) is 5.76 Å². The van der Waals surface area contributed by atoms with Crippen LogP contribution in [0, 0.1) is 6.92 Å². The zero-order chi connectivity index (χ0) is 15.2. The van der Waals surface area contributed by atoms with E-state index in [4.69, 9.17) is 21.1 Å². The van der Waals surface area contributed by atoms with E-state index in [9.17, 15) is 0 Å². The monoisotopic (exact) mass is 332 g/mol. The zero-order valence-electron chi connectivity index (χ0n) is 11.9. The summed E-state index contributed by atoms with van der Waals surface area (Å²) in [6.45, 7) is 2.50. The second kappa shape index (κ2) is 5.19. The second-order valence-electron chi connectivity index (χ2n) is 5.24. The van der Waals surface area contributed by atoms with Gasteiger partial charge in [-0.2, -0.15) is 0 Å². The molecule has 0 bridgehead atoms. The molecule has 0 N–H and O–H groups in total. The van der Waals surface area contributed by atoms with Crippen LogP contribution in [0.1, 0.15) is 21.8 Å². The number of rotatable bonds is 1. The molecule has 2 aromatic rings. The first-order valence-electron chi connectivity index (χ1n) is 6.95. The number of hydrogen-bond acceptors (Lipinski definition) is 5. The van der Waals surface area contributed by atoms with Gasteiger partial charge in [0.15, 0.2) is 0 Å². The van der Waals surface area contributed by atoms with Crippen molar-refractivity contribution in [1.82, 2.24) is 9.97 Å². The Labute approximate surface area is 137 Å². The van der Waals surface area contributed by atoms with Crippen LogP contribution in [0.4, 0.5) is 0 Å². The lowest BCUT2D eigenvalue weighted by molar-refractivity contribution is 0.0132. The van der Waals surface area contributed by atoms with Gasteiger partial charge in [-0.3, -0.25) is 0 Å². The summed E-state index contributed by atoms with van der Waals surface area (Å²) < 4.78 is 12.5. The van der Waals surface area contributed by atoms with Crippen molar-refractivity contribution in [2.75, 3.05) is 6.61 Å². The van der Waals surface area contributed by atoms with Gasteiger partial charge in [0.2, 0.25) is 0 Å². The Morgan fingerprint density at radius 2 is 2.14 bits per heavy atom. The molecule has 0 radical (unpaired) electrons. The highest BCUT2D eigenvalue weighted by molar-refractivity contribution is 7.16. The first-order valence-corrected chi connectivity index (χ1v) is 8.15. The summed E-state index contributed by atoms with van der Waals surface area (Å²) in [5.74, 6) is 1.42. The lowest BCUT2D eigenvalue weighted by Gasteiger charge is -2.34. The normalized spacial score (nSPS) is 23.1. The molecule has 112 valence electrons. The van der Waals surface area contributed by atoms with Crippen LogP contribution < -0.4 is 0 Å². The Morgan fingerprint density at radius 1 is 1.32 bits per heavy atom. The number of thiophene rings is 1. The van der Waals surface area contributed by atoms with Gasteiger partial charge in [0.05, 0.1) is 22.8 Å². The summed E-state index contributed by atoms with van der Waals surface area (Å²) in [4.78, 5) is 9.56. The van der Waals surface area contributed by atoms with Crippen LogP contribution in [0.15, 0.2) is 36.9 Å². The van der Waals surface area contributed by atoms with E-state index >= 15 is 0 Å². The van der Waals surface area contributed by atoms with Gasteiger partial charge in [0.1, 0.15) is 17.2 Å². The highest BCUT2D eigenvalue weighted by Gasteiger charge is 2.38. The molecule has 2 aliphatic rings. The summed E-state index contributed by atoms with van der Waals surface area (Å²) in [7, 11) is 0. The molecule has 2 aliphatic heterocycles. The number of hydrogen-bond donors (Lipinski definition) is 0. The first kappa shape index (κ1) is 13.9. The smallest absolute Gasteiger partial charge is 0.146 e. The molecule has 0 amide bonds. The van der Waals surface area contributed by atoms with E-state index < -0.39 is 5.60 Å². The van der Waals surface area contributed by atoms with Crippen molar-refractivity contribution in [2.24, 2.45) is 0 Å². The van der Waals surface area contributed by atoms with Gasteiger partial charge < -0.3 is 9.47 Å². The topological polar surface area (TPSA) is 44.2 Å². The van der Waals surface area contributed by atoms with Crippen molar-refractivity contribution in [3.8, 4) is 0 Å². The van der Waals surface area contributed by atoms with E-state index in [1.807, 2.05) is 25.1 Å². The lowest BCUT2D eigenvalue weighted by Crippen LogP contribution is -2.32. The Kier molecular flexibility index (Phi) is 3.29.